The molecule has 1 aliphatic carbocycles. The monoisotopic (exact) mass is 319 g/mol. The van der Waals surface area contributed by atoms with Gasteiger partial charge in [0.25, 0.3) is 0 Å². The molecule has 18 heavy (non-hydrogen) atoms. The zero-order valence-corrected chi connectivity index (χ0v) is 13.6. The van der Waals surface area contributed by atoms with E-state index in [1.54, 1.807) is 0 Å². The van der Waals surface area contributed by atoms with Crippen LogP contribution < -0.4 is 0 Å². The standard InChI is InChI=1S/C15H18BrNSi/c1-18(2,3)9-8-13-14(10-17)15(13)11-4-6-12(16)7-5-11/h4-9,13-15H,1-3H3. The van der Waals surface area contributed by atoms with Gasteiger partial charge in [-0.15, -0.1) is 0 Å². The highest BCUT2D eigenvalue weighted by Gasteiger charge is 2.49. The van der Waals surface area contributed by atoms with E-state index in [0.29, 0.717) is 11.8 Å². The van der Waals surface area contributed by atoms with Crippen molar-refractivity contribution in [1.29, 1.82) is 5.26 Å². The Labute approximate surface area is 119 Å². The van der Waals surface area contributed by atoms with E-state index in [9.17, 15) is 5.26 Å². The van der Waals surface area contributed by atoms with Crippen molar-refractivity contribution in [1.82, 2.24) is 0 Å². The molecule has 1 aromatic carbocycles. The van der Waals surface area contributed by atoms with Crippen molar-refractivity contribution >= 4 is 24.0 Å². The predicted octanol–water partition coefficient (Wildman–Crippen LogP) is 4.74. The van der Waals surface area contributed by atoms with Gasteiger partial charge in [0, 0.05) is 16.3 Å². The van der Waals surface area contributed by atoms with Crippen LogP contribution in [0.3, 0.4) is 0 Å². The Bertz CT molecular complexity index is 493. The van der Waals surface area contributed by atoms with E-state index in [4.69, 9.17) is 0 Å². The SMILES string of the molecule is C[Si](C)(C)C=CC1C(C#N)C1c1ccc(Br)cc1. The molecular formula is C15H18BrNSi. The summed E-state index contributed by atoms with van der Waals surface area (Å²) in [5, 5.41) is 9.21. The van der Waals surface area contributed by atoms with Crippen molar-refractivity contribution < 1.29 is 0 Å². The molecule has 0 radical (unpaired) electrons. The molecule has 1 nitrogen and oxygen atoms in total. The van der Waals surface area contributed by atoms with Gasteiger partial charge in [0.15, 0.2) is 0 Å². The van der Waals surface area contributed by atoms with Crippen LogP contribution in [-0.4, -0.2) is 8.07 Å². The molecule has 3 atom stereocenters. The van der Waals surface area contributed by atoms with Gasteiger partial charge in [0.1, 0.15) is 0 Å². The third kappa shape index (κ3) is 3.12. The lowest BCUT2D eigenvalue weighted by Crippen LogP contribution is -2.15. The molecule has 2 rings (SSSR count). The van der Waals surface area contributed by atoms with Crippen LogP contribution in [0.5, 0.6) is 0 Å². The molecule has 1 aromatic rings. The Kier molecular flexibility index (Phi) is 3.79. The molecule has 0 saturated heterocycles. The van der Waals surface area contributed by atoms with Gasteiger partial charge < -0.3 is 0 Å². The quantitative estimate of drug-likeness (QED) is 0.738. The van der Waals surface area contributed by atoms with E-state index in [-0.39, 0.29) is 5.92 Å². The van der Waals surface area contributed by atoms with Crippen LogP contribution in [-0.2, 0) is 0 Å². The highest BCUT2D eigenvalue weighted by atomic mass is 79.9. The molecule has 0 amide bonds. The van der Waals surface area contributed by atoms with Crippen LogP contribution in [0.2, 0.25) is 19.6 Å². The van der Waals surface area contributed by atoms with E-state index in [1.807, 2.05) is 0 Å². The minimum atomic E-state index is -1.16. The van der Waals surface area contributed by atoms with Gasteiger partial charge in [-0.3, -0.25) is 0 Å². The zero-order chi connectivity index (χ0) is 13.3. The number of nitrogens with zero attached hydrogens (tertiary/aromatic N) is 1. The molecule has 94 valence electrons. The van der Waals surface area contributed by atoms with E-state index >= 15 is 0 Å². The zero-order valence-electron chi connectivity index (χ0n) is 11.0. The van der Waals surface area contributed by atoms with Gasteiger partial charge >= 0.3 is 0 Å². The van der Waals surface area contributed by atoms with Crippen molar-refractivity contribution in [2.45, 2.75) is 25.6 Å². The van der Waals surface area contributed by atoms with Crippen LogP contribution >= 0.6 is 15.9 Å². The maximum atomic E-state index is 9.21. The molecule has 3 unspecified atom stereocenters. The van der Waals surface area contributed by atoms with Crippen molar-refractivity contribution in [2.24, 2.45) is 11.8 Å². The molecule has 0 N–H and O–H groups in total. The van der Waals surface area contributed by atoms with Gasteiger partial charge in [-0.25, -0.2) is 0 Å². The van der Waals surface area contributed by atoms with Crippen molar-refractivity contribution in [2.75, 3.05) is 0 Å². The number of nitriles is 1. The van der Waals surface area contributed by atoms with E-state index in [0.717, 1.165) is 4.47 Å². The first-order chi connectivity index (χ1) is 8.42. The largest absolute Gasteiger partial charge is 0.198 e. The maximum absolute atomic E-state index is 9.21. The van der Waals surface area contributed by atoms with Crippen LogP contribution in [0.15, 0.2) is 40.5 Å². The summed E-state index contributed by atoms with van der Waals surface area (Å²) in [7, 11) is -1.16. The fraction of sp³-hybridized carbons (Fsp3) is 0.400. The summed E-state index contributed by atoms with van der Waals surface area (Å²) in [6.45, 7) is 6.96. The Morgan fingerprint density at radius 2 is 1.83 bits per heavy atom. The first-order valence-electron chi connectivity index (χ1n) is 6.27. The average Bonchev–Trinajstić information content (AvgIpc) is 3.00. The molecule has 1 saturated carbocycles. The van der Waals surface area contributed by atoms with Crippen molar-refractivity contribution in [3.63, 3.8) is 0 Å². The number of allylic oxidation sites excluding steroid dienone is 1. The second kappa shape index (κ2) is 5.03. The van der Waals surface area contributed by atoms with Gasteiger partial charge in [0.2, 0.25) is 0 Å². The Hall–Kier alpha value is -0.853. The first kappa shape index (κ1) is 13.6. The first-order valence-corrected chi connectivity index (χ1v) is 10.6. The Balaban J connectivity index is 2.13. The fourth-order valence-corrected chi connectivity index (χ4v) is 3.32. The number of halogens is 1. The second-order valence-corrected chi connectivity index (χ2v) is 12.0. The number of hydrogen-bond acceptors (Lipinski definition) is 1. The topological polar surface area (TPSA) is 23.8 Å². The molecule has 0 aromatic heterocycles. The molecule has 1 fully saturated rings. The van der Waals surface area contributed by atoms with Crippen LogP contribution in [0.1, 0.15) is 11.5 Å². The lowest BCUT2D eigenvalue weighted by molar-refractivity contribution is 1.00. The van der Waals surface area contributed by atoms with Gasteiger partial charge in [-0.2, -0.15) is 5.26 Å². The number of benzene rings is 1. The normalized spacial score (nSPS) is 27.2. The third-order valence-corrected chi connectivity index (χ3v) is 5.02. The lowest BCUT2D eigenvalue weighted by Gasteiger charge is -2.07. The van der Waals surface area contributed by atoms with E-state index < -0.39 is 8.07 Å². The smallest absolute Gasteiger partial charge is 0.0683 e. The van der Waals surface area contributed by atoms with Crippen molar-refractivity contribution in [3.8, 4) is 6.07 Å². The summed E-state index contributed by atoms with van der Waals surface area (Å²) in [6.07, 6.45) is 2.28. The van der Waals surface area contributed by atoms with Crippen molar-refractivity contribution in [3.05, 3.63) is 46.1 Å². The van der Waals surface area contributed by atoms with Crippen LogP contribution in [0.25, 0.3) is 0 Å². The summed E-state index contributed by atoms with van der Waals surface area (Å²) in [5.41, 5.74) is 3.65. The summed E-state index contributed by atoms with van der Waals surface area (Å²) >= 11 is 3.45. The van der Waals surface area contributed by atoms with E-state index in [1.165, 1.54) is 5.56 Å². The number of rotatable bonds is 3. The minimum Gasteiger partial charge on any atom is -0.198 e. The molecule has 0 spiro atoms. The fourth-order valence-electron chi connectivity index (χ4n) is 2.25. The lowest BCUT2D eigenvalue weighted by atomic mass is 10.1. The molecule has 0 heterocycles. The van der Waals surface area contributed by atoms with Gasteiger partial charge in [-0.05, 0) is 17.7 Å². The maximum Gasteiger partial charge on any atom is 0.0683 e. The molecule has 1 aliphatic rings. The summed E-state index contributed by atoms with van der Waals surface area (Å²) in [6, 6.07) is 10.8. The van der Waals surface area contributed by atoms with Crippen LogP contribution in [0, 0.1) is 23.2 Å². The number of hydrogen-bond donors (Lipinski definition) is 0. The summed E-state index contributed by atoms with van der Waals surface area (Å²) in [5.74, 6) is 0.984. The second-order valence-electron chi connectivity index (χ2n) is 6.03. The Morgan fingerprint density at radius 3 is 2.33 bits per heavy atom. The minimum absolute atomic E-state index is 0.166. The molecule has 3 heteroatoms. The van der Waals surface area contributed by atoms with Gasteiger partial charge in [-0.1, -0.05) is 59.5 Å². The summed E-state index contributed by atoms with van der Waals surface area (Å²) in [4.78, 5) is 0. The highest BCUT2D eigenvalue weighted by molar-refractivity contribution is 9.10. The van der Waals surface area contributed by atoms with E-state index in [2.05, 4.69) is 77.7 Å². The third-order valence-electron chi connectivity index (χ3n) is 3.30. The average molecular weight is 320 g/mol. The highest BCUT2D eigenvalue weighted by Crippen LogP contribution is 2.54. The molecule has 0 aliphatic heterocycles. The van der Waals surface area contributed by atoms with Gasteiger partial charge in [0.05, 0.1) is 20.1 Å². The van der Waals surface area contributed by atoms with Crippen LogP contribution in [0.4, 0.5) is 0 Å². The molecule has 0 bridgehead atoms. The summed E-state index contributed by atoms with van der Waals surface area (Å²) < 4.78 is 1.09. The molecular weight excluding hydrogens is 302 g/mol. The Morgan fingerprint density at radius 1 is 1.22 bits per heavy atom. The predicted molar refractivity (Wildman–Crippen MR) is 82.0 cm³/mol.